The van der Waals surface area contributed by atoms with E-state index in [9.17, 15) is 9.59 Å². The molecule has 0 aliphatic carbocycles. The van der Waals surface area contributed by atoms with Crippen molar-refractivity contribution in [3.8, 4) is 0 Å². The molecule has 0 aromatic carbocycles. The molecule has 7 heteroatoms. The quantitative estimate of drug-likeness (QED) is 0.833. The van der Waals surface area contributed by atoms with Crippen LogP contribution in [0.5, 0.6) is 0 Å². The van der Waals surface area contributed by atoms with E-state index in [-0.39, 0.29) is 18.0 Å². The molecule has 29 heavy (non-hydrogen) atoms. The molecule has 7 nitrogen and oxygen atoms in total. The lowest BCUT2D eigenvalue weighted by Gasteiger charge is -2.34. The summed E-state index contributed by atoms with van der Waals surface area (Å²) in [6, 6.07) is 5.86. The molecule has 2 aromatic rings. The van der Waals surface area contributed by atoms with Crippen LogP contribution in [0.1, 0.15) is 67.2 Å². The second-order valence-electron chi connectivity index (χ2n) is 8.62. The first-order valence-electron chi connectivity index (χ1n) is 10.1. The van der Waals surface area contributed by atoms with Crippen molar-refractivity contribution < 1.29 is 18.7 Å². The number of rotatable bonds is 4. The third-order valence-electron chi connectivity index (χ3n) is 5.10. The molecule has 1 aliphatic rings. The van der Waals surface area contributed by atoms with E-state index in [0.717, 1.165) is 29.9 Å². The maximum Gasteiger partial charge on any atom is 0.410 e. The highest BCUT2D eigenvalue weighted by Crippen LogP contribution is 2.26. The number of carbonyl (C=O) groups is 2. The molecule has 0 spiro atoms. The Morgan fingerprint density at radius 2 is 1.93 bits per heavy atom. The first-order valence-corrected chi connectivity index (χ1v) is 10.1. The van der Waals surface area contributed by atoms with Gasteiger partial charge in [-0.2, -0.15) is 0 Å². The average molecular weight is 402 g/mol. The SMILES string of the molecule is Cc1cc(CNC(=O)c2cccn2C2CCN(C(=O)OC(C)(C)C)CC2)c(C)o1. The number of furan rings is 1. The smallest absolute Gasteiger partial charge is 0.410 e. The van der Waals surface area contributed by atoms with Crippen LogP contribution in [0.4, 0.5) is 4.79 Å². The van der Waals surface area contributed by atoms with Crippen LogP contribution in [-0.4, -0.2) is 40.2 Å². The van der Waals surface area contributed by atoms with Crippen LogP contribution in [-0.2, 0) is 11.3 Å². The van der Waals surface area contributed by atoms with Gasteiger partial charge < -0.3 is 23.9 Å². The van der Waals surface area contributed by atoms with E-state index in [4.69, 9.17) is 9.15 Å². The second kappa shape index (κ2) is 8.35. The molecule has 2 aromatic heterocycles. The summed E-state index contributed by atoms with van der Waals surface area (Å²) in [5.74, 6) is 1.56. The lowest BCUT2D eigenvalue weighted by atomic mass is 10.0. The van der Waals surface area contributed by atoms with Crippen LogP contribution >= 0.6 is 0 Å². The summed E-state index contributed by atoms with van der Waals surface area (Å²) in [5, 5.41) is 2.98. The normalized spacial score (nSPS) is 15.4. The molecule has 3 heterocycles. The number of ether oxygens (including phenoxy) is 1. The van der Waals surface area contributed by atoms with Crippen LogP contribution < -0.4 is 5.32 Å². The summed E-state index contributed by atoms with van der Waals surface area (Å²) < 4.78 is 13.0. The van der Waals surface area contributed by atoms with Gasteiger partial charge in [-0.3, -0.25) is 4.79 Å². The molecule has 1 N–H and O–H groups in total. The number of hydrogen-bond donors (Lipinski definition) is 1. The van der Waals surface area contributed by atoms with Crippen molar-refractivity contribution in [2.24, 2.45) is 0 Å². The largest absolute Gasteiger partial charge is 0.466 e. The Bertz CT molecular complexity index is 867. The fourth-order valence-electron chi connectivity index (χ4n) is 3.68. The lowest BCUT2D eigenvalue weighted by molar-refractivity contribution is 0.0187. The highest BCUT2D eigenvalue weighted by atomic mass is 16.6. The maximum absolute atomic E-state index is 12.7. The minimum atomic E-state index is -0.495. The summed E-state index contributed by atoms with van der Waals surface area (Å²) in [7, 11) is 0. The van der Waals surface area contributed by atoms with Gasteiger partial charge >= 0.3 is 6.09 Å². The van der Waals surface area contributed by atoms with Crippen molar-refractivity contribution in [1.82, 2.24) is 14.8 Å². The molecule has 158 valence electrons. The molecular weight excluding hydrogens is 370 g/mol. The Kier molecular flexibility index (Phi) is 6.05. The first-order chi connectivity index (χ1) is 13.6. The van der Waals surface area contributed by atoms with E-state index in [1.165, 1.54) is 0 Å². The van der Waals surface area contributed by atoms with Crippen molar-refractivity contribution in [3.63, 3.8) is 0 Å². The number of nitrogens with zero attached hydrogens (tertiary/aromatic N) is 2. The van der Waals surface area contributed by atoms with E-state index in [2.05, 4.69) is 5.32 Å². The molecule has 0 radical (unpaired) electrons. The number of hydrogen-bond acceptors (Lipinski definition) is 4. The molecular formula is C22H31N3O4. The average Bonchev–Trinajstić information content (AvgIpc) is 3.24. The monoisotopic (exact) mass is 401 g/mol. The van der Waals surface area contributed by atoms with Crippen molar-refractivity contribution in [2.45, 2.75) is 65.6 Å². The minimum Gasteiger partial charge on any atom is -0.466 e. The maximum atomic E-state index is 12.7. The summed E-state index contributed by atoms with van der Waals surface area (Å²) in [5.41, 5.74) is 1.13. The van der Waals surface area contributed by atoms with E-state index < -0.39 is 5.60 Å². The lowest BCUT2D eigenvalue weighted by Crippen LogP contribution is -2.42. The van der Waals surface area contributed by atoms with Gasteiger partial charge in [-0.25, -0.2) is 4.79 Å². The second-order valence-corrected chi connectivity index (χ2v) is 8.62. The number of aryl methyl sites for hydroxylation is 2. The fraction of sp³-hybridized carbons (Fsp3) is 0.545. The van der Waals surface area contributed by atoms with E-state index in [0.29, 0.717) is 25.3 Å². The van der Waals surface area contributed by atoms with Crippen LogP contribution in [0.15, 0.2) is 28.8 Å². The zero-order valence-electron chi connectivity index (χ0n) is 17.9. The van der Waals surface area contributed by atoms with Gasteiger partial charge in [0, 0.05) is 37.4 Å². The number of nitrogens with one attached hydrogen (secondary N) is 1. The number of carbonyl (C=O) groups excluding carboxylic acids is 2. The van der Waals surface area contributed by atoms with Gasteiger partial charge in [-0.15, -0.1) is 0 Å². The predicted molar refractivity (Wildman–Crippen MR) is 110 cm³/mol. The van der Waals surface area contributed by atoms with Crippen LogP contribution in [0.25, 0.3) is 0 Å². The molecule has 1 aliphatic heterocycles. The van der Waals surface area contributed by atoms with E-state index >= 15 is 0 Å². The summed E-state index contributed by atoms with van der Waals surface area (Å²) in [6.07, 6.45) is 3.24. The summed E-state index contributed by atoms with van der Waals surface area (Å²) >= 11 is 0. The van der Waals surface area contributed by atoms with Crippen molar-refractivity contribution >= 4 is 12.0 Å². The summed E-state index contributed by atoms with van der Waals surface area (Å²) in [6.45, 7) is 11.1. The van der Waals surface area contributed by atoms with Gasteiger partial charge in [-0.05, 0) is 65.7 Å². The standard InChI is InChI=1S/C22H31N3O4/c1-15-13-17(16(2)28-15)14-23-20(26)19-7-6-10-25(19)18-8-11-24(12-9-18)21(27)29-22(3,4)5/h6-7,10,13,18H,8-9,11-12,14H2,1-5H3,(H,23,26). The van der Waals surface area contributed by atoms with Gasteiger partial charge in [0.15, 0.2) is 0 Å². The van der Waals surface area contributed by atoms with Gasteiger partial charge in [-0.1, -0.05) is 0 Å². The molecule has 2 amide bonds. The predicted octanol–water partition coefficient (Wildman–Crippen LogP) is 4.20. The third kappa shape index (κ3) is 5.22. The number of aromatic nitrogens is 1. The fourth-order valence-corrected chi connectivity index (χ4v) is 3.68. The van der Waals surface area contributed by atoms with Crippen molar-refractivity contribution in [3.05, 3.63) is 47.2 Å². The highest BCUT2D eigenvalue weighted by Gasteiger charge is 2.28. The highest BCUT2D eigenvalue weighted by molar-refractivity contribution is 5.92. The Morgan fingerprint density at radius 3 is 2.52 bits per heavy atom. The van der Waals surface area contributed by atoms with Crippen LogP contribution in [0, 0.1) is 13.8 Å². The van der Waals surface area contributed by atoms with Gasteiger partial charge in [0.1, 0.15) is 22.8 Å². The number of amides is 2. The van der Waals surface area contributed by atoms with E-state index in [1.54, 1.807) is 4.90 Å². The summed E-state index contributed by atoms with van der Waals surface area (Å²) in [4.78, 5) is 26.7. The number of piperidine rings is 1. The molecule has 0 atom stereocenters. The zero-order valence-corrected chi connectivity index (χ0v) is 17.9. The minimum absolute atomic E-state index is 0.108. The van der Waals surface area contributed by atoms with Crippen molar-refractivity contribution in [2.75, 3.05) is 13.1 Å². The number of likely N-dealkylation sites (tertiary alicyclic amines) is 1. The molecule has 1 fully saturated rings. The zero-order chi connectivity index (χ0) is 21.2. The van der Waals surface area contributed by atoms with Gasteiger partial charge in [0.2, 0.25) is 0 Å². The van der Waals surface area contributed by atoms with Gasteiger partial charge in [0.05, 0.1) is 0 Å². The Labute approximate surface area is 172 Å². The van der Waals surface area contributed by atoms with Crippen LogP contribution in [0.3, 0.4) is 0 Å². The van der Waals surface area contributed by atoms with Crippen LogP contribution in [0.2, 0.25) is 0 Å². The van der Waals surface area contributed by atoms with Crippen molar-refractivity contribution in [1.29, 1.82) is 0 Å². The Morgan fingerprint density at radius 1 is 1.24 bits per heavy atom. The van der Waals surface area contributed by atoms with E-state index in [1.807, 2.05) is 63.6 Å². The topological polar surface area (TPSA) is 76.7 Å². The Hall–Kier alpha value is -2.70. The molecule has 1 saturated heterocycles. The Balaban J connectivity index is 1.58. The molecule has 3 rings (SSSR count). The molecule has 0 bridgehead atoms. The third-order valence-corrected chi connectivity index (χ3v) is 5.10. The molecule has 0 unspecified atom stereocenters. The van der Waals surface area contributed by atoms with Gasteiger partial charge in [0.25, 0.3) is 5.91 Å². The first kappa shape index (κ1) is 21.0. The molecule has 0 saturated carbocycles.